The van der Waals surface area contributed by atoms with Crippen LogP contribution in [0.3, 0.4) is 0 Å². The maximum Gasteiger partial charge on any atom is 0.298 e. The molecular weight excluding hydrogens is 384 g/mol. The highest BCUT2D eigenvalue weighted by Crippen LogP contribution is 2.36. The average Bonchev–Trinajstić information content (AvgIpc) is 3.07. The summed E-state index contributed by atoms with van der Waals surface area (Å²) in [6, 6.07) is 8.43. The third-order valence-corrected chi connectivity index (χ3v) is 4.52. The second kappa shape index (κ2) is 6.90. The first-order chi connectivity index (χ1) is 13.5. The number of nitrogens with one attached hydrogen (secondary N) is 1. The van der Waals surface area contributed by atoms with Crippen molar-refractivity contribution in [2.75, 3.05) is 14.2 Å². The summed E-state index contributed by atoms with van der Waals surface area (Å²) in [6.45, 7) is 0. The number of nitrogens with zero attached hydrogens (tertiary/aromatic N) is 3. The van der Waals surface area contributed by atoms with E-state index in [0.29, 0.717) is 21.6 Å². The van der Waals surface area contributed by atoms with Gasteiger partial charge in [0.05, 0.1) is 20.4 Å². The molecule has 4 aromatic rings. The Morgan fingerprint density at radius 3 is 2.61 bits per heavy atom. The van der Waals surface area contributed by atoms with E-state index >= 15 is 0 Å². The van der Waals surface area contributed by atoms with Crippen LogP contribution < -0.4 is 15.0 Å². The number of H-pyrrole nitrogens is 1. The third-order valence-electron chi connectivity index (χ3n) is 4.28. The molecule has 2 aromatic carbocycles. The Bertz CT molecular complexity index is 1270. The standard InChI is InChI=1S/C19H15ClN4O4/c1-27-14-5-10(6-15(28-2)18(14)25)8-22-24-9-21-16-12-7-11(20)3-4-13(12)23-17(16)19(24)26/h3-9,23,25H,1-2H3/b22-8-. The normalized spacial score (nSPS) is 11.5. The SMILES string of the molecule is COc1cc(/C=N\n2cnc3c([nH]c4ccc(Cl)cc43)c2=O)cc(OC)c1O. The molecule has 2 aromatic heterocycles. The minimum absolute atomic E-state index is 0.112. The molecule has 0 saturated carbocycles. The summed E-state index contributed by atoms with van der Waals surface area (Å²) in [5.41, 5.74) is 1.84. The Morgan fingerprint density at radius 2 is 1.93 bits per heavy atom. The first-order valence-electron chi connectivity index (χ1n) is 8.19. The molecule has 0 aliphatic rings. The van der Waals surface area contributed by atoms with E-state index in [2.05, 4.69) is 15.1 Å². The van der Waals surface area contributed by atoms with Gasteiger partial charge >= 0.3 is 0 Å². The van der Waals surface area contributed by atoms with Crippen LogP contribution >= 0.6 is 11.6 Å². The molecule has 0 spiro atoms. The molecule has 0 atom stereocenters. The van der Waals surface area contributed by atoms with Crippen LogP contribution in [0.15, 0.2) is 46.6 Å². The van der Waals surface area contributed by atoms with Gasteiger partial charge in [0.15, 0.2) is 11.5 Å². The van der Waals surface area contributed by atoms with Crippen LogP contribution in [0.25, 0.3) is 21.9 Å². The molecule has 2 heterocycles. The Morgan fingerprint density at radius 1 is 1.21 bits per heavy atom. The van der Waals surface area contributed by atoms with E-state index in [0.717, 1.165) is 15.6 Å². The molecule has 0 aliphatic carbocycles. The van der Waals surface area contributed by atoms with Crippen molar-refractivity contribution in [3.05, 3.63) is 57.6 Å². The second-order valence-corrected chi connectivity index (χ2v) is 6.39. The molecule has 28 heavy (non-hydrogen) atoms. The van der Waals surface area contributed by atoms with E-state index in [1.807, 2.05) is 0 Å². The van der Waals surface area contributed by atoms with Gasteiger partial charge in [-0.15, -0.1) is 0 Å². The van der Waals surface area contributed by atoms with Crippen molar-refractivity contribution in [2.45, 2.75) is 0 Å². The fraction of sp³-hybridized carbons (Fsp3) is 0.105. The van der Waals surface area contributed by atoms with Crippen molar-refractivity contribution in [1.82, 2.24) is 14.6 Å². The van der Waals surface area contributed by atoms with Crippen LogP contribution in [0.5, 0.6) is 17.2 Å². The molecule has 2 N–H and O–H groups in total. The number of aromatic hydroxyl groups is 1. The van der Waals surface area contributed by atoms with Crippen molar-refractivity contribution in [2.24, 2.45) is 5.10 Å². The quantitative estimate of drug-likeness (QED) is 0.514. The molecule has 0 radical (unpaired) electrons. The summed E-state index contributed by atoms with van der Waals surface area (Å²) < 4.78 is 11.3. The summed E-state index contributed by atoms with van der Waals surface area (Å²) in [4.78, 5) is 20.1. The van der Waals surface area contributed by atoms with Crippen LogP contribution in [-0.4, -0.2) is 40.2 Å². The topological polar surface area (TPSA) is 102 Å². The highest BCUT2D eigenvalue weighted by Gasteiger charge is 2.12. The Hall–Kier alpha value is -3.52. The largest absolute Gasteiger partial charge is 0.502 e. The van der Waals surface area contributed by atoms with Crippen molar-refractivity contribution in [1.29, 1.82) is 0 Å². The maximum atomic E-state index is 12.8. The highest BCUT2D eigenvalue weighted by atomic mass is 35.5. The fourth-order valence-electron chi connectivity index (χ4n) is 2.92. The molecule has 142 valence electrons. The number of aromatic amines is 1. The lowest BCUT2D eigenvalue weighted by atomic mass is 10.2. The minimum Gasteiger partial charge on any atom is -0.502 e. The zero-order valence-electron chi connectivity index (χ0n) is 14.9. The number of rotatable bonds is 4. The number of benzene rings is 2. The first-order valence-corrected chi connectivity index (χ1v) is 8.57. The van der Waals surface area contributed by atoms with Gasteiger partial charge in [0.25, 0.3) is 5.56 Å². The van der Waals surface area contributed by atoms with Gasteiger partial charge in [-0.2, -0.15) is 9.78 Å². The predicted molar refractivity (Wildman–Crippen MR) is 107 cm³/mol. The highest BCUT2D eigenvalue weighted by molar-refractivity contribution is 6.31. The van der Waals surface area contributed by atoms with Crippen molar-refractivity contribution < 1.29 is 14.6 Å². The van der Waals surface area contributed by atoms with Gasteiger partial charge in [-0.25, -0.2) is 4.98 Å². The molecule has 0 bridgehead atoms. The number of phenols is 1. The molecule has 4 rings (SSSR count). The van der Waals surface area contributed by atoms with Crippen molar-refractivity contribution in [3.63, 3.8) is 0 Å². The van der Waals surface area contributed by atoms with Gasteiger partial charge in [-0.05, 0) is 30.3 Å². The number of hydrogen-bond acceptors (Lipinski definition) is 6. The number of methoxy groups -OCH3 is 2. The van der Waals surface area contributed by atoms with Crippen LogP contribution in [-0.2, 0) is 0 Å². The third kappa shape index (κ3) is 2.93. The summed E-state index contributed by atoms with van der Waals surface area (Å²) in [5.74, 6) is 0.350. The summed E-state index contributed by atoms with van der Waals surface area (Å²) in [6.07, 6.45) is 2.78. The average molecular weight is 399 g/mol. The fourth-order valence-corrected chi connectivity index (χ4v) is 3.09. The van der Waals surface area contributed by atoms with Gasteiger partial charge < -0.3 is 19.6 Å². The number of fused-ring (bicyclic) bond motifs is 3. The van der Waals surface area contributed by atoms with E-state index in [1.165, 1.54) is 26.8 Å². The van der Waals surface area contributed by atoms with Crippen molar-refractivity contribution in [3.8, 4) is 17.2 Å². The Kier molecular flexibility index (Phi) is 4.40. The van der Waals surface area contributed by atoms with Crippen molar-refractivity contribution >= 4 is 39.8 Å². The zero-order chi connectivity index (χ0) is 19.8. The predicted octanol–water partition coefficient (Wildman–Crippen LogP) is 3.14. The number of halogens is 1. The van der Waals surface area contributed by atoms with Crippen LogP contribution in [0.2, 0.25) is 5.02 Å². The summed E-state index contributed by atoms with van der Waals surface area (Å²) in [7, 11) is 2.86. The zero-order valence-corrected chi connectivity index (χ0v) is 15.7. The van der Waals surface area contributed by atoms with E-state index in [4.69, 9.17) is 21.1 Å². The van der Waals surface area contributed by atoms with Gasteiger partial charge in [0.2, 0.25) is 5.75 Å². The van der Waals surface area contributed by atoms with E-state index in [9.17, 15) is 9.90 Å². The van der Waals surface area contributed by atoms with Crippen LogP contribution in [0.4, 0.5) is 0 Å². The van der Waals surface area contributed by atoms with Crippen LogP contribution in [0.1, 0.15) is 5.56 Å². The van der Waals surface area contributed by atoms with Gasteiger partial charge in [-0.1, -0.05) is 11.6 Å². The van der Waals surface area contributed by atoms with Gasteiger partial charge in [-0.3, -0.25) is 4.79 Å². The molecule has 8 nitrogen and oxygen atoms in total. The number of aromatic nitrogens is 3. The molecule has 0 aliphatic heterocycles. The molecule has 9 heteroatoms. The monoisotopic (exact) mass is 398 g/mol. The summed E-state index contributed by atoms with van der Waals surface area (Å²) >= 11 is 6.04. The lowest BCUT2D eigenvalue weighted by Crippen LogP contribution is -2.17. The lowest BCUT2D eigenvalue weighted by molar-refractivity contribution is 0.340. The van der Waals surface area contributed by atoms with Crippen LogP contribution in [0, 0.1) is 0 Å². The van der Waals surface area contributed by atoms with E-state index in [-0.39, 0.29) is 22.8 Å². The number of phenolic OH excluding ortho intramolecular Hbond substituents is 1. The minimum atomic E-state index is -0.355. The molecule has 0 saturated heterocycles. The molecule has 0 unspecified atom stereocenters. The maximum absolute atomic E-state index is 12.8. The van der Waals surface area contributed by atoms with E-state index in [1.54, 1.807) is 30.3 Å². The molecular formula is C19H15ClN4O4. The summed E-state index contributed by atoms with van der Waals surface area (Å²) in [5, 5.41) is 15.5. The van der Waals surface area contributed by atoms with Gasteiger partial charge in [0.1, 0.15) is 17.4 Å². The number of hydrogen-bond donors (Lipinski definition) is 2. The molecule has 0 amide bonds. The number of ether oxygens (including phenoxy) is 2. The second-order valence-electron chi connectivity index (χ2n) is 5.95. The Labute approximate surface area is 163 Å². The smallest absolute Gasteiger partial charge is 0.298 e. The van der Waals surface area contributed by atoms with E-state index < -0.39 is 0 Å². The Balaban J connectivity index is 1.79. The lowest BCUT2D eigenvalue weighted by Gasteiger charge is -2.09. The first kappa shape index (κ1) is 17.9. The van der Waals surface area contributed by atoms with Gasteiger partial charge in [0, 0.05) is 21.5 Å². The molecule has 0 fully saturated rings.